The van der Waals surface area contributed by atoms with E-state index in [1.54, 1.807) is 10.3 Å². The Kier molecular flexibility index (Phi) is 4.49. The van der Waals surface area contributed by atoms with Crippen LogP contribution < -0.4 is 5.32 Å². The average molecular weight is 283 g/mol. The van der Waals surface area contributed by atoms with E-state index in [-0.39, 0.29) is 17.9 Å². The van der Waals surface area contributed by atoms with Crippen LogP contribution in [-0.4, -0.2) is 47.5 Å². The first kappa shape index (κ1) is 14.0. The monoisotopic (exact) mass is 283 g/mol. The molecule has 2 heterocycles. The Hall–Kier alpha value is -1.47. The fourth-order valence-electron chi connectivity index (χ4n) is 1.89. The summed E-state index contributed by atoms with van der Waals surface area (Å²) in [6.45, 7) is 5.20. The summed E-state index contributed by atoms with van der Waals surface area (Å²) in [5, 5.41) is 4.70. The maximum Gasteiger partial charge on any atom is 0.273 e. The number of nitrogens with zero attached hydrogens (tertiary/aromatic N) is 2. The molecule has 1 fully saturated rings. The third kappa shape index (κ3) is 3.51. The van der Waals surface area contributed by atoms with Gasteiger partial charge in [-0.05, 0) is 6.42 Å². The van der Waals surface area contributed by atoms with Crippen molar-refractivity contribution in [2.24, 2.45) is 0 Å². The lowest BCUT2D eigenvalue weighted by Crippen LogP contribution is -2.45. The van der Waals surface area contributed by atoms with E-state index in [9.17, 15) is 9.59 Å². The number of aromatic nitrogens is 1. The number of nitrogens with one attached hydrogen (secondary N) is 1. The Labute approximate surface area is 115 Å². The van der Waals surface area contributed by atoms with Crippen LogP contribution in [0.15, 0.2) is 5.38 Å². The highest BCUT2D eigenvalue weighted by Crippen LogP contribution is 2.18. The van der Waals surface area contributed by atoms with Gasteiger partial charge in [0.05, 0.1) is 12.7 Å². The SMILES string of the molecule is CCC1CN(C(=O)c2csc(NC(C)=O)n2)CCO1. The van der Waals surface area contributed by atoms with Gasteiger partial charge in [0.25, 0.3) is 5.91 Å². The molecule has 19 heavy (non-hydrogen) atoms. The standard InChI is InChI=1S/C12H17N3O3S/c1-3-9-6-15(4-5-18-9)11(17)10-7-19-12(14-10)13-8(2)16/h7,9H,3-6H2,1-2H3,(H,13,14,16). The molecule has 1 N–H and O–H groups in total. The lowest BCUT2D eigenvalue weighted by atomic mass is 10.2. The zero-order valence-electron chi connectivity index (χ0n) is 11.0. The Morgan fingerprint density at radius 3 is 3.11 bits per heavy atom. The highest BCUT2D eigenvalue weighted by Gasteiger charge is 2.25. The molecule has 0 aliphatic carbocycles. The van der Waals surface area contributed by atoms with Crippen molar-refractivity contribution >= 4 is 28.3 Å². The quantitative estimate of drug-likeness (QED) is 0.909. The summed E-state index contributed by atoms with van der Waals surface area (Å²) < 4.78 is 5.53. The van der Waals surface area contributed by atoms with Crippen LogP contribution in [0.2, 0.25) is 0 Å². The number of anilines is 1. The summed E-state index contributed by atoms with van der Waals surface area (Å²) in [4.78, 5) is 29.1. The second-order valence-electron chi connectivity index (χ2n) is 4.37. The van der Waals surface area contributed by atoms with Gasteiger partial charge in [-0.2, -0.15) is 0 Å². The normalized spacial score (nSPS) is 19.3. The molecule has 2 amide bonds. The van der Waals surface area contributed by atoms with Crippen molar-refractivity contribution in [1.82, 2.24) is 9.88 Å². The topological polar surface area (TPSA) is 71.5 Å². The molecule has 1 aromatic rings. The molecule has 0 saturated carbocycles. The van der Waals surface area contributed by atoms with E-state index in [0.29, 0.717) is 30.5 Å². The maximum atomic E-state index is 12.3. The third-order valence-corrected chi connectivity index (χ3v) is 3.65. The zero-order chi connectivity index (χ0) is 13.8. The van der Waals surface area contributed by atoms with Gasteiger partial charge in [-0.15, -0.1) is 11.3 Å². The number of ether oxygens (including phenoxy) is 1. The Morgan fingerprint density at radius 1 is 1.63 bits per heavy atom. The summed E-state index contributed by atoms with van der Waals surface area (Å²) in [6, 6.07) is 0. The Morgan fingerprint density at radius 2 is 2.42 bits per heavy atom. The Balaban J connectivity index is 2.02. The van der Waals surface area contributed by atoms with Crippen molar-refractivity contribution in [3.63, 3.8) is 0 Å². The molecule has 1 aromatic heterocycles. The molecule has 0 bridgehead atoms. The molecule has 1 unspecified atom stereocenters. The van der Waals surface area contributed by atoms with E-state index >= 15 is 0 Å². The van der Waals surface area contributed by atoms with Crippen molar-refractivity contribution in [3.05, 3.63) is 11.1 Å². The molecule has 0 spiro atoms. The molecule has 2 rings (SSSR count). The number of morpholine rings is 1. The molecule has 0 radical (unpaired) electrons. The molecule has 1 saturated heterocycles. The van der Waals surface area contributed by atoms with E-state index < -0.39 is 0 Å². The second kappa shape index (κ2) is 6.12. The van der Waals surface area contributed by atoms with Gasteiger partial charge in [0.2, 0.25) is 5.91 Å². The Bertz CT molecular complexity index is 475. The maximum absolute atomic E-state index is 12.3. The lowest BCUT2D eigenvalue weighted by Gasteiger charge is -2.32. The summed E-state index contributed by atoms with van der Waals surface area (Å²) >= 11 is 1.25. The number of amides is 2. The molecule has 7 heteroatoms. The van der Waals surface area contributed by atoms with Crippen molar-refractivity contribution in [2.75, 3.05) is 25.0 Å². The van der Waals surface area contributed by atoms with Crippen molar-refractivity contribution in [2.45, 2.75) is 26.4 Å². The zero-order valence-corrected chi connectivity index (χ0v) is 11.8. The van der Waals surface area contributed by atoms with Crippen LogP contribution >= 0.6 is 11.3 Å². The molecule has 0 aromatic carbocycles. The smallest absolute Gasteiger partial charge is 0.273 e. The fourth-order valence-corrected chi connectivity index (χ4v) is 2.62. The number of hydrogen-bond acceptors (Lipinski definition) is 5. The molecule has 104 valence electrons. The van der Waals surface area contributed by atoms with Crippen molar-refractivity contribution < 1.29 is 14.3 Å². The predicted molar refractivity (Wildman–Crippen MR) is 72.4 cm³/mol. The molecule has 6 nitrogen and oxygen atoms in total. The first-order valence-corrected chi connectivity index (χ1v) is 7.12. The summed E-state index contributed by atoms with van der Waals surface area (Å²) in [5.74, 6) is -0.291. The molecular weight excluding hydrogens is 266 g/mol. The summed E-state index contributed by atoms with van der Waals surface area (Å²) in [6.07, 6.45) is 0.990. The summed E-state index contributed by atoms with van der Waals surface area (Å²) in [5.41, 5.74) is 0.380. The highest BCUT2D eigenvalue weighted by molar-refractivity contribution is 7.14. The van der Waals surface area contributed by atoms with Gasteiger partial charge >= 0.3 is 0 Å². The number of rotatable bonds is 3. The van der Waals surface area contributed by atoms with Crippen LogP contribution in [0.4, 0.5) is 5.13 Å². The van der Waals surface area contributed by atoms with Crippen LogP contribution in [-0.2, 0) is 9.53 Å². The third-order valence-electron chi connectivity index (χ3n) is 2.89. The van der Waals surface area contributed by atoms with E-state index in [2.05, 4.69) is 10.3 Å². The number of carbonyl (C=O) groups is 2. The molecule has 1 aliphatic rings. The minimum atomic E-state index is -0.189. The largest absolute Gasteiger partial charge is 0.375 e. The van der Waals surface area contributed by atoms with Gasteiger partial charge in [0, 0.05) is 25.4 Å². The average Bonchev–Trinajstić information content (AvgIpc) is 2.85. The summed E-state index contributed by atoms with van der Waals surface area (Å²) in [7, 11) is 0. The first-order valence-electron chi connectivity index (χ1n) is 6.24. The van der Waals surface area contributed by atoms with Crippen LogP contribution in [0.25, 0.3) is 0 Å². The van der Waals surface area contributed by atoms with Crippen LogP contribution in [0, 0.1) is 0 Å². The number of carbonyl (C=O) groups excluding carboxylic acids is 2. The predicted octanol–water partition coefficient (Wildman–Crippen LogP) is 1.35. The van der Waals surface area contributed by atoms with Crippen LogP contribution in [0.3, 0.4) is 0 Å². The van der Waals surface area contributed by atoms with E-state index in [1.165, 1.54) is 18.3 Å². The van der Waals surface area contributed by atoms with Gasteiger partial charge in [-0.1, -0.05) is 6.92 Å². The van der Waals surface area contributed by atoms with Gasteiger partial charge in [-0.25, -0.2) is 4.98 Å². The van der Waals surface area contributed by atoms with Gasteiger partial charge in [0.15, 0.2) is 5.13 Å². The number of hydrogen-bond donors (Lipinski definition) is 1. The van der Waals surface area contributed by atoms with Crippen LogP contribution in [0.1, 0.15) is 30.8 Å². The van der Waals surface area contributed by atoms with Gasteiger partial charge < -0.3 is 15.0 Å². The van der Waals surface area contributed by atoms with E-state index in [0.717, 1.165) is 6.42 Å². The highest BCUT2D eigenvalue weighted by atomic mass is 32.1. The van der Waals surface area contributed by atoms with Crippen molar-refractivity contribution in [1.29, 1.82) is 0 Å². The van der Waals surface area contributed by atoms with E-state index in [1.807, 2.05) is 6.92 Å². The second-order valence-corrected chi connectivity index (χ2v) is 5.23. The van der Waals surface area contributed by atoms with Crippen LogP contribution in [0.5, 0.6) is 0 Å². The minimum absolute atomic E-state index is 0.102. The molecular formula is C12H17N3O3S. The number of thiazole rings is 1. The van der Waals surface area contributed by atoms with Crippen molar-refractivity contribution in [3.8, 4) is 0 Å². The molecule has 1 aliphatic heterocycles. The fraction of sp³-hybridized carbons (Fsp3) is 0.583. The molecule has 1 atom stereocenters. The first-order chi connectivity index (χ1) is 9.10. The van der Waals surface area contributed by atoms with Gasteiger partial charge in [-0.3, -0.25) is 9.59 Å². The van der Waals surface area contributed by atoms with E-state index in [4.69, 9.17) is 4.74 Å². The van der Waals surface area contributed by atoms with Gasteiger partial charge in [0.1, 0.15) is 5.69 Å². The minimum Gasteiger partial charge on any atom is -0.375 e. The lowest BCUT2D eigenvalue weighted by molar-refractivity contribution is -0.114.